The Bertz CT molecular complexity index is 587. The molecule has 2 rings (SSSR count). The molecule has 0 unspecified atom stereocenters. The molecule has 0 radical (unpaired) electrons. The third-order valence-electron chi connectivity index (χ3n) is 3.41. The van der Waals surface area contributed by atoms with E-state index in [1.165, 1.54) is 6.07 Å². The molecule has 0 spiro atoms. The van der Waals surface area contributed by atoms with Crippen molar-refractivity contribution in [2.75, 3.05) is 6.54 Å². The van der Waals surface area contributed by atoms with Gasteiger partial charge in [0.2, 0.25) is 0 Å². The van der Waals surface area contributed by atoms with E-state index in [2.05, 4.69) is 10.4 Å². The van der Waals surface area contributed by atoms with Gasteiger partial charge in [-0.05, 0) is 43.7 Å². The molecule has 0 aliphatic carbocycles. The Labute approximate surface area is 113 Å². The summed E-state index contributed by atoms with van der Waals surface area (Å²) in [7, 11) is 1.93. The van der Waals surface area contributed by atoms with Gasteiger partial charge in [0.1, 0.15) is 5.82 Å². The van der Waals surface area contributed by atoms with Crippen LogP contribution in [0.25, 0.3) is 11.1 Å². The van der Waals surface area contributed by atoms with E-state index in [1.807, 2.05) is 38.6 Å². The summed E-state index contributed by atoms with van der Waals surface area (Å²) in [6, 6.07) is 4.96. The standard InChI is InChI=1S/C15H20FN3/c1-5-17-9-12-8-13(16)6-7-14(12)15-10(2)18-19(4)11(15)3/h6-8,17H,5,9H2,1-4H3. The normalized spacial score (nSPS) is 11.0. The molecule has 0 fully saturated rings. The largest absolute Gasteiger partial charge is 0.313 e. The smallest absolute Gasteiger partial charge is 0.123 e. The van der Waals surface area contributed by atoms with Crippen molar-refractivity contribution in [2.24, 2.45) is 7.05 Å². The number of nitrogens with zero attached hydrogens (tertiary/aromatic N) is 2. The highest BCUT2D eigenvalue weighted by molar-refractivity contribution is 5.71. The van der Waals surface area contributed by atoms with E-state index in [4.69, 9.17) is 0 Å². The fourth-order valence-corrected chi connectivity index (χ4v) is 2.38. The third kappa shape index (κ3) is 2.68. The summed E-state index contributed by atoms with van der Waals surface area (Å²) in [5, 5.41) is 7.69. The zero-order chi connectivity index (χ0) is 14.0. The highest BCUT2D eigenvalue weighted by Gasteiger charge is 2.15. The van der Waals surface area contributed by atoms with Gasteiger partial charge in [0, 0.05) is 24.8 Å². The van der Waals surface area contributed by atoms with Gasteiger partial charge in [-0.1, -0.05) is 13.0 Å². The lowest BCUT2D eigenvalue weighted by molar-refractivity contribution is 0.622. The lowest BCUT2D eigenvalue weighted by atomic mass is 9.98. The van der Waals surface area contributed by atoms with Crippen molar-refractivity contribution >= 4 is 0 Å². The Morgan fingerprint density at radius 1 is 1.32 bits per heavy atom. The van der Waals surface area contributed by atoms with Crippen LogP contribution in [0.3, 0.4) is 0 Å². The minimum absolute atomic E-state index is 0.198. The lowest BCUT2D eigenvalue weighted by Crippen LogP contribution is -2.13. The van der Waals surface area contributed by atoms with E-state index in [0.717, 1.165) is 34.6 Å². The molecule has 3 nitrogen and oxygen atoms in total. The Hall–Kier alpha value is -1.68. The SMILES string of the molecule is CCNCc1cc(F)ccc1-c1c(C)nn(C)c1C. The second-order valence-electron chi connectivity index (χ2n) is 4.75. The average Bonchev–Trinajstić information content (AvgIpc) is 2.62. The summed E-state index contributed by atoms with van der Waals surface area (Å²) in [6.45, 7) is 7.59. The summed E-state index contributed by atoms with van der Waals surface area (Å²) in [5.41, 5.74) is 5.22. The number of nitrogens with one attached hydrogen (secondary N) is 1. The predicted molar refractivity (Wildman–Crippen MR) is 75.5 cm³/mol. The minimum Gasteiger partial charge on any atom is -0.313 e. The zero-order valence-electron chi connectivity index (χ0n) is 11.9. The quantitative estimate of drug-likeness (QED) is 0.917. The topological polar surface area (TPSA) is 29.9 Å². The molecule has 4 heteroatoms. The summed E-state index contributed by atoms with van der Waals surface area (Å²) in [4.78, 5) is 0. The molecule has 0 atom stereocenters. The molecule has 0 aliphatic rings. The fraction of sp³-hybridized carbons (Fsp3) is 0.400. The van der Waals surface area contributed by atoms with Gasteiger partial charge in [-0.25, -0.2) is 4.39 Å². The molecule has 0 aliphatic heterocycles. The zero-order valence-corrected chi connectivity index (χ0v) is 11.9. The molecule has 1 N–H and O–H groups in total. The molecular formula is C15H20FN3. The number of halogens is 1. The summed E-state index contributed by atoms with van der Waals surface area (Å²) in [6.07, 6.45) is 0. The van der Waals surface area contributed by atoms with E-state index in [9.17, 15) is 4.39 Å². The highest BCUT2D eigenvalue weighted by Crippen LogP contribution is 2.30. The second-order valence-corrected chi connectivity index (χ2v) is 4.75. The number of hydrogen-bond donors (Lipinski definition) is 1. The van der Waals surface area contributed by atoms with Gasteiger partial charge < -0.3 is 5.32 Å². The van der Waals surface area contributed by atoms with Crippen LogP contribution in [0.5, 0.6) is 0 Å². The lowest BCUT2D eigenvalue weighted by Gasteiger charge is -2.11. The average molecular weight is 261 g/mol. The van der Waals surface area contributed by atoms with Crippen molar-refractivity contribution in [1.82, 2.24) is 15.1 Å². The van der Waals surface area contributed by atoms with Gasteiger partial charge in [-0.2, -0.15) is 5.10 Å². The summed E-state index contributed by atoms with van der Waals surface area (Å²) in [5.74, 6) is -0.198. The summed E-state index contributed by atoms with van der Waals surface area (Å²) >= 11 is 0. The van der Waals surface area contributed by atoms with Crippen LogP contribution in [-0.2, 0) is 13.6 Å². The Kier molecular flexibility index (Phi) is 4.00. The number of aryl methyl sites for hydroxylation is 2. The van der Waals surface area contributed by atoms with Crippen LogP contribution in [0.1, 0.15) is 23.9 Å². The van der Waals surface area contributed by atoms with Gasteiger partial charge >= 0.3 is 0 Å². The molecule has 2 aromatic rings. The van der Waals surface area contributed by atoms with E-state index in [1.54, 1.807) is 6.07 Å². The second kappa shape index (κ2) is 5.53. The third-order valence-corrected chi connectivity index (χ3v) is 3.41. The first-order valence-electron chi connectivity index (χ1n) is 6.54. The molecule has 19 heavy (non-hydrogen) atoms. The van der Waals surface area contributed by atoms with Crippen LogP contribution in [-0.4, -0.2) is 16.3 Å². The number of aromatic nitrogens is 2. The van der Waals surface area contributed by atoms with Gasteiger partial charge in [0.15, 0.2) is 0 Å². The molecule has 0 saturated heterocycles. The van der Waals surface area contributed by atoms with Crippen LogP contribution < -0.4 is 5.32 Å². The van der Waals surface area contributed by atoms with Crippen molar-refractivity contribution in [3.05, 3.63) is 41.0 Å². The van der Waals surface area contributed by atoms with Gasteiger partial charge in [0.25, 0.3) is 0 Å². The van der Waals surface area contributed by atoms with Crippen molar-refractivity contribution in [2.45, 2.75) is 27.3 Å². The fourth-order valence-electron chi connectivity index (χ4n) is 2.38. The van der Waals surface area contributed by atoms with Crippen molar-refractivity contribution in [1.29, 1.82) is 0 Å². The van der Waals surface area contributed by atoms with Crippen LogP contribution in [0, 0.1) is 19.7 Å². The van der Waals surface area contributed by atoms with E-state index < -0.39 is 0 Å². The Balaban J connectivity index is 2.54. The van der Waals surface area contributed by atoms with E-state index >= 15 is 0 Å². The maximum atomic E-state index is 13.4. The van der Waals surface area contributed by atoms with Crippen LogP contribution in [0.4, 0.5) is 4.39 Å². The minimum atomic E-state index is -0.198. The molecule has 0 bridgehead atoms. The Morgan fingerprint density at radius 2 is 2.05 bits per heavy atom. The first-order valence-corrected chi connectivity index (χ1v) is 6.54. The van der Waals surface area contributed by atoms with Crippen LogP contribution in [0.2, 0.25) is 0 Å². The van der Waals surface area contributed by atoms with Crippen molar-refractivity contribution in [3.63, 3.8) is 0 Å². The molecular weight excluding hydrogens is 241 g/mol. The summed E-state index contributed by atoms with van der Waals surface area (Å²) < 4.78 is 15.3. The van der Waals surface area contributed by atoms with E-state index in [-0.39, 0.29) is 5.82 Å². The van der Waals surface area contributed by atoms with Gasteiger partial charge in [-0.15, -0.1) is 0 Å². The first-order chi connectivity index (χ1) is 9.04. The highest BCUT2D eigenvalue weighted by atomic mass is 19.1. The molecule has 1 aromatic carbocycles. The molecule has 1 aromatic heterocycles. The van der Waals surface area contributed by atoms with Crippen LogP contribution in [0.15, 0.2) is 18.2 Å². The molecule has 1 heterocycles. The first kappa shape index (κ1) is 13.7. The monoisotopic (exact) mass is 261 g/mol. The number of benzene rings is 1. The van der Waals surface area contributed by atoms with E-state index in [0.29, 0.717) is 6.54 Å². The molecule has 102 valence electrons. The number of rotatable bonds is 4. The van der Waals surface area contributed by atoms with Gasteiger partial charge in [0.05, 0.1) is 5.69 Å². The van der Waals surface area contributed by atoms with Crippen molar-refractivity contribution < 1.29 is 4.39 Å². The molecule has 0 amide bonds. The Morgan fingerprint density at radius 3 is 2.63 bits per heavy atom. The maximum Gasteiger partial charge on any atom is 0.123 e. The van der Waals surface area contributed by atoms with Crippen molar-refractivity contribution in [3.8, 4) is 11.1 Å². The maximum absolute atomic E-state index is 13.4. The van der Waals surface area contributed by atoms with Gasteiger partial charge in [-0.3, -0.25) is 4.68 Å². The predicted octanol–water partition coefficient (Wildman–Crippen LogP) is 2.95. The molecule has 0 saturated carbocycles. The number of hydrogen-bond acceptors (Lipinski definition) is 2. The van der Waals surface area contributed by atoms with Crippen LogP contribution >= 0.6 is 0 Å².